The number of carbonyl (C=O) groups excluding carboxylic acids is 1. The van der Waals surface area contributed by atoms with Crippen LogP contribution in [-0.2, 0) is 11.2 Å². The zero-order valence-corrected chi connectivity index (χ0v) is 11.4. The molecule has 0 spiro atoms. The summed E-state index contributed by atoms with van der Waals surface area (Å²) in [5, 5.41) is 3.64. The third-order valence-electron chi connectivity index (χ3n) is 2.87. The average Bonchev–Trinajstić information content (AvgIpc) is 2.92. The Labute approximate surface area is 117 Å². The number of imidazole rings is 1. The molecule has 0 radical (unpaired) electrons. The number of nitrogens with zero attached hydrogens (tertiary/aromatic N) is 1. The predicted molar refractivity (Wildman–Crippen MR) is 74.9 cm³/mol. The first kappa shape index (κ1) is 13.6. The van der Waals surface area contributed by atoms with Gasteiger partial charge in [0.25, 0.3) is 0 Å². The largest absolute Gasteiger partial charge is 0.347 e. The van der Waals surface area contributed by atoms with E-state index in [4.69, 9.17) is 11.6 Å². The third kappa shape index (κ3) is 3.83. The maximum atomic E-state index is 12.0. The minimum absolute atomic E-state index is 0.0226. The van der Waals surface area contributed by atoms with Crippen molar-refractivity contribution in [1.82, 2.24) is 15.3 Å². The Balaban J connectivity index is 1.95. The summed E-state index contributed by atoms with van der Waals surface area (Å²) < 4.78 is 0. The first-order valence-corrected chi connectivity index (χ1v) is 6.60. The molecular formula is C14H16ClN3O. The van der Waals surface area contributed by atoms with Gasteiger partial charge in [0.05, 0.1) is 12.5 Å². The molecule has 2 aromatic rings. The number of aromatic nitrogens is 2. The fraction of sp³-hybridized carbons (Fsp3) is 0.286. The van der Waals surface area contributed by atoms with Gasteiger partial charge in [-0.05, 0) is 24.1 Å². The number of aromatic amines is 1. The number of rotatable bonds is 5. The van der Waals surface area contributed by atoms with E-state index in [0.29, 0.717) is 11.4 Å². The Bertz CT molecular complexity index is 522. The second-order valence-corrected chi connectivity index (χ2v) is 4.74. The molecule has 19 heavy (non-hydrogen) atoms. The third-order valence-corrected chi connectivity index (χ3v) is 3.12. The van der Waals surface area contributed by atoms with E-state index in [1.54, 1.807) is 24.5 Å². The molecule has 0 aliphatic carbocycles. The van der Waals surface area contributed by atoms with Gasteiger partial charge in [-0.25, -0.2) is 4.98 Å². The fourth-order valence-corrected chi connectivity index (χ4v) is 1.99. The monoisotopic (exact) mass is 277 g/mol. The summed E-state index contributed by atoms with van der Waals surface area (Å²) in [5.74, 6) is 0.762. The lowest BCUT2D eigenvalue weighted by atomic mass is 10.1. The number of amides is 1. The van der Waals surface area contributed by atoms with Gasteiger partial charge in [-0.1, -0.05) is 30.7 Å². The van der Waals surface area contributed by atoms with Crippen LogP contribution in [0.5, 0.6) is 0 Å². The number of nitrogens with one attached hydrogen (secondary N) is 2. The number of benzene rings is 1. The Kier molecular flexibility index (Phi) is 4.58. The predicted octanol–water partition coefficient (Wildman–Crippen LogP) is 2.87. The molecule has 4 nitrogen and oxygen atoms in total. The number of H-pyrrole nitrogens is 1. The van der Waals surface area contributed by atoms with Gasteiger partial charge >= 0.3 is 0 Å². The average molecular weight is 278 g/mol. The second kappa shape index (κ2) is 6.38. The van der Waals surface area contributed by atoms with Crippen molar-refractivity contribution in [3.05, 3.63) is 53.1 Å². The molecule has 0 saturated heterocycles. The second-order valence-electron chi connectivity index (χ2n) is 4.31. The molecule has 1 atom stereocenters. The molecular weight excluding hydrogens is 262 g/mol. The highest BCUT2D eigenvalue weighted by Crippen LogP contribution is 2.13. The van der Waals surface area contributed by atoms with Crippen LogP contribution in [0.2, 0.25) is 5.02 Å². The summed E-state index contributed by atoms with van der Waals surface area (Å²) in [4.78, 5) is 19.2. The topological polar surface area (TPSA) is 57.8 Å². The number of carbonyl (C=O) groups is 1. The van der Waals surface area contributed by atoms with Gasteiger partial charge in [0.2, 0.25) is 5.91 Å². The van der Waals surface area contributed by atoms with E-state index in [1.165, 1.54) is 0 Å². The van der Waals surface area contributed by atoms with Crippen LogP contribution in [0.3, 0.4) is 0 Å². The van der Waals surface area contributed by atoms with E-state index in [2.05, 4.69) is 15.3 Å². The smallest absolute Gasteiger partial charge is 0.225 e. The highest BCUT2D eigenvalue weighted by molar-refractivity contribution is 6.30. The number of hydrogen-bond acceptors (Lipinski definition) is 2. The molecule has 1 aromatic carbocycles. The molecule has 1 amide bonds. The summed E-state index contributed by atoms with van der Waals surface area (Å²) in [7, 11) is 0. The Morgan fingerprint density at radius 1 is 1.42 bits per heavy atom. The van der Waals surface area contributed by atoms with Gasteiger partial charge in [0.15, 0.2) is 0 Å². The molecule has 2 rings (SSSR count). The van der Waals surface area contributed by atoms with Crippen LogP contribution < -0.4 is 5.32 Å². The Hall–Kier alpha value is -1.81. The lowest BCUT2D eigenvalue weighted by Crippen LogP contribution is -2.30. The SMILES string of the molecule is CCC(NC(=O)Cc1ccc(Cl)cc1)c1ncc[nH]1. The van der Waals surface area contributed by atoms with Gasteiger partial charge in [-0.2, -0.15) is 0 Å². The molecule has 2 N–H and O–H groups in total. The molecule has 0 fully saturated rings. The molecule has 0 aliphatic rings. The van der Waals surface area contributed by atoms with E-state index in [-0.39, 0.29) is 11.9 Å². The fourth-order valence-electron chi connectivity index (χ4n) is 1.86. The summed E-state index contributed by atoms with van der Waals surface area (Å²) in [6, 6.07) is 7.21. The van der Waals surface area contributed by atoms with E-state index in [9.17, 15) is 4.79 Å². The first-order valence-electron chi connectivity index (χ1n) is 6.22. The lowest BCUT2D eigenvalue weighted by molar-refractivity contribution is -0.121. The molecule has 1 aromatic heterocycles. The summed E-state index contributed by atoms with van der Waals surface area (Å²) in [6.07, 6.45) is 4.57. The van der Waals surface area contributed by atoms with E-state index in [1.807, 2.05) is 19.1 Å². The zero-order valence-electron chi connectivity index (χ0n) is 10.7. The van der Waals surface area contributed by atoms with E-state index >= 15 is 0 Å². The van der Waals surface area contributed by atoms with Crippen molar-refractivity contribution in [3.8, 4) is 0 Å². The van der Waals surface area contributed by atoms with Crippen LogP contribution in [0.25, 0.3) is 0 Å². The van der Waals surface area contributed by atoms with Crippen molar-refractivity contribution < 1.29 is 4.79 Å². The molecule has 1 heterocycles. The highest BCUT2D eigenvalue weighted by atomic mass is 35.5. The van der Waals surface area contributed by atoms with Crippen molar-refractivity contribution in [3.63, 3.8) is 0 Å². The quantitative estimate of drug-likeness (QED) is 0.883. The standard InChI is InChI=1S/C14H16ClN3O/c1-2-12(14-16-7-8-17-14)18-13(19)9-10-3-5-11(15)6-4-10/h3-8,12H,2,9H2,1H3,(H,16,17)(H,18,19). The van der Waals surface area contributed by atoms with Gasteiger partial charge in [0.1, 0.15) is 5.82 Å². The zero-order chi connectivity index (χ0) is 13.7. The van der Waals surface area contributed by atoms with Gasteiger partial charge < -0.3 is 10.3 Å². The van der Waals surface area contributed by atoms with Crippen molar-refractivity contribution >= 4 is 17.5 Å². The van der Waals surface area contributed by atoms with Gasteiger partial charge in [-0.3, -0.25) is 4.79 Å². The summed E-state index contributed by atoms with van der Waals surface area (Å²) >= 11 is 5.81. The number of halogens is 1. The van der Waals surface area contributed by atoms with Crippen LogP contribution in [0, 0.1) is 0 Å². The molecule has 100 valence electrons. The Morgan fingerprint density at radius 2 is 2.16 bits per heavy atom. The van der Waals surface area contributed by atoms with Crippen LogP contribution in [-0.4, -0.2) is 15.9 Å². The molecule has 0 aliphatic heterocycles. The van der Waals surface area contributed by atoms with E-state index < -0.39 is 0 Å². The van der Waals surface area contributed by atoms with E-state index in [0.717, 1.165) is 17.8 Å². The first-order chi connectivity index (χ1) is 9.19. The molecule has 5 heteroatoms. The van der Waals surface area contributed by atoms with Crippen LogP contribution >= 0.6 is 11.6 Å². The maximum absolute atomic E-state index is 12.0. The summed E-state index contributed by atoms with van der Waals surface area (Å²) in [5.41, 5.74) is 0.941. The van der Waals surface area contributed by atoms with Crippen molar-refractivity contribution in [2.45, 2.75) is 25.8 Å². The van der Waals surface area contributed by atoms with Crippen LogP contribution in [0.4, 0.5) is 0 Å². The van der Waals surface area contributed by atoms with Gasteiger partial charge in [0, 0.05) is 17.4 Å². The minimum atomic E-state index is -0.0743. The van der Waals surface area contributed by atoms with Crippen molar-refractivity contribution in [2.24, 2.45) is 0 Å². The highest BCUT2D eigenvalue weighted by Gasteiger charge is 2.14. The molecule has 0 saturated carbocycles. The van der Waals surface area contributed by atoms with Gasteiger partial charge in [-0.15, -0.1) is 0 Å². The Morgan fingerprint density at radius 3 is 2.74 bits per heavy atom. The normalized spacial score (nSPS) is 12.1. The summed E-state index contributed by atoms with van der Waals surface area (Å²) in [6.45, 7) is 2.01. The maximum Gasteiger partial charge on any atom is 0.225 e. The minimum Gasteiger partial charge on any atom is -0.347 e. The molecule has 0 bridgehead atoms. The lowest BCUT2D eigenvalue weighted by Gasteiger charge is -2.14. The van der Waals surface area contributed by atoms with Crippen molar-refractivity contribution in [2.75, 3.05) is 0 Å². The van der Waals surface area contributed by atoms with Crippen LogP contribution in [0.15, 0.2) is 36.7 Å². The van der Waals surface area contributed by atoms with Crippen LogP contribution in [0.1, 0.15) is 30.8 Å². The number of hydrogen-bond donors (Lipinski definition) is 2. The molecule has 1 unspecified atom stereocenters. The van der Waals surface area contributed by atoms with Crippen molar-refractivity contribution in [1.29, 1.82) is 0 Å².